The van der Waals surface area contributed by atoms with Crippen LogP contribution >= 0.6 is 11.6 Å². The number of benzene rings is 2. The second-order valence-electron chi connectivity index (χ2n) is 11.1. The number of aliphatic hydroxyl groups is 1. The van der Waals surface area contributed by atoms with Crippen LogP contribution in [0.3, 0.4) is 0 Å². The van der Waals surface area contributed by atoms with Crippen LogP contribution < -0.4 is 5.73 Å². The van der Waals surface area contributed by atoms with E-state index in [-0.39, 0.29) is 23.8 Å². The predicted octanol–water partition coefficient (Wildman–Crippen LogP) is 5.61. The Morgan fingerprint density at radius 3 is 2.70 bits per heavy atom. The first-order valence-corrected chi connectivity index (χ1v) is 14.3. The number of piperidine rings is 1. The summed E-state index contributed by atoms with van der Waals surface area (Å²) in [6, 6.07) is 14.4. The van der Waals surface area contributed by atoms with E-state index in [0.717, 1.165) is 62.6 Å². The molecule has 3 N–H and O–H groups in total. The Balaban J connectivity index is 1.65. The van der Waals surface area contributed by atoms with Crippen molar-refractivity contribution in [2.75, 3.05) is 26.8 Å². The molecule has 5 nitrogen and oxygen atoms in total. The fraction of sp³-hybridized carbons (Fsp3) is 0.581. The van der Waals surface area contributed by atoms with Crippen LogP contribution in [0.25, 0.3) is 0 Å². The van der Waals surface area contributed by atoms with Crippen molar-refractivity contribution in [3.05, 3.63) is 69.7 Å². The maximum Gasteiger partial charge on any atom is 0.225 e. The molecule has 1 unspecified atom stereocenters. The summed E-state index contributed by atoms with van der Waals surface area (Å²) < 4.78 is 5.29. The highest BCUT2D eigenvalue weighted by molar-refractivity contribution is 6.31. The molecule has 1 saturated heterocycles. The van der Waals surface area contributed by atoms with Gasteiger partial charge in [-0.15, -0.1) is 0 Å². The lowest BCUT2D eigenvalue weighted by atomic mass is 9.72. The highest BCUT2D eigenvalue weighted by atomic mass is 35.5. The molecule has 2 fully saturated rings. The third kappa shape index (κ3) is 6.57. The molecule has 2 aromatic rings. The lowest BCUT2D eigenvalue weighted by molar-refractivity contribution is -0.141. The third-order valence-corrected chi connectivity index (χ3v) is 8.96. The number of methoxy groups -OCH3 is 1. The molecule has 1 heterocycles. The third-order valence-electron chi connectivity index (χ3n) is 8.60. The number of nitrogens with zero attached hydrogens (tertiary/aromatic N) is 1. The van der Waals surface area contributed by atoms with E-state index in [1.165, 1.54) is 11.1 Å². The minimum absolute atomic E-state index is 0.0198. The van der Waals surface area contributed by atoms with Gasteiger partial charge in [-0.2, -0.15) is 0 Å². The standard InChI is InChI=1S/C31H43ClN2O3/c1-22-9-3-4-10-23(22)20-27-28(12-7-13-29(27)32)31(36,16-5-6-18-37-2)25-11-8-17-34(21-25)30(35)24-14-15-26(33)19-24/h3-4,7,9-10,12-13,24-26,36H,5-6,8,11,14-21,33H2,1-2H3/t24-,25-,26+,31?/m1/s1. The lowest BCUT2D eigenvalue weighted by Crippen LogP contribution is -2.49. The number of carbonyl (C=O) groups excluding carboxylic acids is 1. The van der Waals surface area contributed by atoms with E-state index in [9.17, 15) is 9.90 Å². The topological polar surface area (TPSA) is 75.8 Å². The Kier molecular flexibility index (Phi) is 9.68. The summed E-state index contributed by atoms with van der Waals surface area (Å²) in [5.74, 6) is 0.175. The second-order valence-corrected chi connectivity index (χ2v) is 11.5. The van der Waals surface area contributed by atoms with Crippen molar-refractivity contribution in [1.82, 2.24) is 4.90 Å². The van der Waals surface area contributed by atoms with Crippen molar-refractivity contribution in [3.63, 3.8) is 0 Å². The molecular formula is C31H43ClN2O3. The number of hydrogen-bond acceptors (Lipinski definition) is 4. The van der Waals surface area contributed by atoms with Gasteiger partial charge < -0.3 is 20.5 Å². The Morgan fingerprint density at radius 1 is 1.16 bits per heavy atom. The largest absolute Gasteiger partial charge is 0.385 e. The molecule has 1 saturated carbocycles. The summed E-state index contributed by atoms with van der Waals surface area (Å²) in [4.78, 5) is 15.4. The molecule has 0 spiro atoms. The Hall–Kier alpha value is -1.92. The zero-order chi connectivity index (χ0) is 26.4. The highest BCUT2D eigenvalue weighted by Crippen LogP contribution is 2.43. The number of halogens is 1. The normalized spacial score (nSPS) is 23.7. The number of aryl methyl sites for hydroxylation is 1. The summed E-state index contributed by atoms with van der Waals surface area (Å²) >= 11 is 6.83. The van der Waals surface area contributed by atoms with Gasteiger partial charge in [0.15, 0.2) is 0 Å². The van der Waals surface area contributed by atoms with E-state index >= 15 is 0 Å². The zero-order valence-corrected chi connectivity index (χ0v) is 23.2. The van der Waals surface area contributed by atoms with Gasteiger partial charge in [0.2, 0.25) is 5.91 Å². The van der Waals surface area contributed by atoms with Crippen molar-refractivity contribution in [3.8, 4) is 0 Å². The van der Waals surface area contributed by atoms with Gasteiger partial charge in [0.25, 0.3) is 0 Å². The first-order chi connectivity index (χ1) is 17.8. The number of rotatable bonds is 10. The summed E-state index contributed by atoms with van der Waals surface area (Å²) in [7, 11) is 1.71. The summed E-state index contributed by atoms with van der Waals surface area (Å²) in [6.45, 7) is 4.11. The molecule has 0 aromatic heterocycles. The van der Waals surface area contributed by atoms with Gasteiger partial charge in [0.05, 0.1) is 5.60 Å². The molecule has 4 atom stereocenters. The molecule has 1 amide bonds. The minimum atomic E-state index is -1.08. The van der Waals surface area contributed by atoms with E-state index in [0.29, 0.717) is 31.0 Å². The van der Waals surface area contributed by atoms with E-state index in [4.69, 9.17) is 22.1 Å². The molecule has 1 aliphatic carbocycles. The first-order valence-electron chi connectivity index (χ1n) is 13.9. The fourth-order valence-corrected chi connectivity index (χ4v) is 6.65. The number of likely N-dealkylation sites (tertiary alicyclic amines) is 1. The van der Waals surface area contributed by atoms with Gasteiger partial charge in [-0.05, 0) is 93.0 Å². The van der Waals surface area contributed by atoms with Gasteiger partial charge in [0.1, 0.15) is 0 Å². The maximum absolute atomic E-state index is 13.4. The van der Waals surface area contributed by atoms with Crippen LogP contribution in [0.4, 0.5) is 0 Å². The molecule has 1 aliphatic heterocycles. The minimum Gasteiger partial charge on any atom is -0.385 e. The number of hydrogen-bond donors (Lipinski definition) is 2. The Bertz CT molecular complexity index is 1060. The van der Waals surface area contributed by atoms with Crippen molar-refractivity contribution in [1.29, 1.82) is 0 Å². The molecule has 6 heteroatoms. The van der Waals surface area contributed by atoms with Crippen molar-refractivity contribution < 1.29 is 14.6 Å². The number of amides is 1. The number of carbonyl (C=O) groups is 1. The van der Waals surface area contributed by atoms with Crippen LogP contribution in [-0.2, 0) is 21.6 Å². The van der Waals surface area contributed by atoms with Crippen molar-refractivity contribution in [2.45, 2.75) is 76.4 Å². The number of ether oxygens (including phenoxy) is 1. The molecule has 2 aliphatic rings. The molecular weight excluding hydrogens is 484 g/mol. The monoisotopic (exact) mass is 526 g/mol. The van der Waals surface area contributed by atoms with Crippen LogP contribution in [0.1, 0.15) is 73.6 Å². The molecule has 202 valence electrons. The van der Waals surface area contributed by atoms with Gasteiger partial charge in [-0.1, -0.05) is 48.0 Å². The van der Waals surface area contributed by atoms with Crippen molar-refractivity contribution in [2.24, 2.45) is 17.6 Å². The lowest BCUT2D eigenvalue weighted by Gasteiger charge is -2.44. The summed E-state index contributed by atoms with van der Waals surface area (Å²) in [5.41, 5.74) is 9.34. The maximum atomic E-state index is 13.4. The van der Waals surface area contributed by atoms with Gasteiger partial charge >= 0.3 is 0 Å². The molecule has 4 rings (SSSR count). The number of unbranched alkanes of at least 4 members (excludes halogenated alkanes) is 1. The molecule has 37 heavy (non-hydrogen) atoms. The first kappa shape index (κ1) is 28.1. The van der Waals surface area contributed by atoms with Crippen LogP contribution in [0.2, 0.25) is 5.02 Å². The van der Waals surface area contributed by atoms with Crippen molar-refractivity contribution >= 4 is 17.5 Å². The van der Waals surface area contributed by atoms with E-state index < -0.39 is 5.60 Å². The molecule has 0 radical (unpaired) electrons. The summed E-state index contributed by atoms with van der Waals surface area (Å²) in [6.07, 6.45) is 7.32. The quantitative estimate of drug-likeness (QED) is 0.394. The Morgan fingerprint density at radius 2 is 1.97 bits per heavy atom. The van der Waals surface area contributed by atoms with Gasteiger partial charge in [-0.25, -0.2) is 0 Å². The van der Waals surface area contributed by atoms with E-state index in [2.05, 4.69) is 25.1 Å². The van der Waals surface area contributed by atoms with Crippen LogP contribution in [-0.4, -0.2) is 48.8 Å². The molecule has 0 bridgehead atoms. The average molecular weight is 527 g/mol. The van der Waals surface area contributed by atoms with Crippen LogP contribution in [0.5, 0.6) is 0 Å². The second kappa shape index (κ2) is 12.8. The van der Waals surface area contributed by atoms with E-state index in [1.54, 1.807) is 7.11 Å². The van der Waals surface area contributed by atoms with Crippen LogP contribution in [0, 0.1) is 18.8 Å². The summed E-state index contributed by atoms with van der Waals surface area (Å²) in [5, 5.41) is 13.3. The fourth-order valence-electron chi connectivity index (χ4n) is 6.41. The van der Waals surface area contributed by atoms with E-state index in [1.807, 2.05) is 29.2 Å². The Labute approximate surface area is 227 Å². The zero-order valence-electron chi connectivity index (χ0n) is 22.4. The predicted molar refractivity (Wildman–Crippen MR) is 150 cm³/mol. The van der Waals surface area contributed by atoms with Crippen LogP contribution in [0.15, 0.2) is 42.5 Å². The highest BCUT2D eigenvalue weighted by Gasteiger charge is 2.43. The number of nitrogens with two attached hydrogens (primary N) is 1. The molecule has 2 aromatic carbocycles. The smallest absolute Gasteiger partial charge is 0.225 e. The SMILES string of the molecule is COCCCCC(O)(c1cccc(Cl)c1Cc1ccccc1C)[C@@H]1CCCN(C(=O)[C@@H]2CC[C@H](N)C2)C1. The van der Waals surface area contributed by atoms with Gasteiger partial charge in [0, 0.05) is 49.7 Å². The van der Waals surface area contributed by atoms with Gasteiger partial charge in [-0.3, -0.25) is 4.79 Å². The average Bonchev–Trinajstić information content (AvgIpc) is 3.34.